The Bertz CT molecular complexity index is 1360. The van der Waals surface area contributed by atoms with Crippen molar-refractivity contribution in [3.63, 3.8) is 0 Å². The van der Waals surface area contributed by atoms with E-state index in [-0.39, 0.29) is 23.2 Å². The van der Waals surface area contributed by atoms with Gasteiger partial charge in [-0.15, -0.1) is 11.3 Å². The van der Waals surface area contributed by atoms with Gasteiger partial charge in [0.15, 0.2) is 0 Å². The molecular formula is C25H30ClN5O3S2. The average Bonchev–Trinajstić information content (AvgIpc) is 3.30. The second kappa shape index (κ2) is 10.9. The summed E-state index contributed by atoms with van der Waals surface area (Å²) in [6.07, 6.45) is 0. The standard InChI is InChI=1S/C25H30ClN5O3S2/c1-28(2)10-11-29(3)24(27)18-4-6-19(7-5-18)25(32)30-12-14-31(15-13-30)36(33,34)23-16-20-8-9-21(26)17-22(20)35-23/h4-9,16-17,27H,10-15H2,1-3H3. The number of likely N-dealkylation sites (N-methyl/N-ethyl adjacent to an activating group) is 2. The molecule has 2 aromatic carbocycles. The van der Waals surface area contributed by atoms with Crippen molar-refractivity contribution in [3.8, 4) is 0 Å². The maximum absolute atomic E-state index is 13.2. The molecule has 0 atom stereocenters. The Morgan fingerprint density at radius 1 is 0.972 bits per heavy atom. The van der Waals surface area contributed by atoms with Crippen LogP contribution in [0.1, 0.15) is 15.9 Å². The molecule has 0 unspecified atom stereocenters. The van der Waals surface area contributed by atoms with Crippen LogP contribution in [0, 0.1) is 5.41 Å². The summed E-state index contributed by atoms with van der Waals surface area (Å²) in [7, 11) is 2.22. The molecule has 0 saturated carbocycles. The number of hydrogen-bond acceptors (Lipinski definition) is 6. The van der Waals surface area contributed by atoms with Crippen molar-refractivity contribution >= 4 is 54.8 Å². The highest BCUT2D eigenvalue weighted by Gasteiger charge is 2.31. The second-order valence-corrected chi connectivity index (χ2v) is 12.8. The lowest BCUT2D eigenvalue weighted by molar-refractivity contribution is 0.0698. The van der Waals surface area contributed by atoms with Gasteiger partial charge in [-0.1, -0.05) is 29.8 Å². The number of halogens is 1. The summed E-state index contributed by atoms with van der Waals surface area (Å²) < 4.78 is 29.0. The van der Waals surface area contributed by atoms with Crippen LogP contribution in [0.2, 0.25) is 5.02 Å². The van der Waals surface area contributed by atoms with Crippen molar-refractivity contribution in [3.05, 3.63) is 64.7 Å². The predicted octanol–water partition coefficient (Wildman–Crippen LogP) is 3.52. The van der Waals surface area contributed by atoms with Gasteiger partial charge in [0.2, 0.25) is 0 Å². The number of carbonyl (C=O) groups excluding carboxylic acids is 1. The van der Waals surface area contributed by atoms with Gasteiger partial charge in [0.05, 0.1) is 0 Å². The fourth-order valence-electron chi connectivity index (χ4n) is 4.00. The SMILES string of the molecule is CN(C)CCN(C)C(=N)c1ccc(C(=O)N2CCN(S(=O)(=O)c3cc4ccc(Cl)cc4s3)CC2)cc1. The summed E-state index contributed by atoms with van der Waals surface area (Å²) in [6, 6.07) is 14.1. The number of amidine groups is 1. The van der Waals surface area contributed by atoms with Crippen molar-refractivity contribution in [2.24, 2.45) is 0 Å². The number of fused-ring (bicyclic) bond motifs is 1. The third-order valence-corrected chi connectivity index (χ3v) is 9.93. The van der Waals surface area contributed by atoms with Crippen LogP contribution < -0.4 is 0 Å². The largest absolute Gasteiger partial charge is 0.358 e. The molecular weight excluding hydrogens is 518 g/mol. The van der Waals surface area contributed by atoms with E-state index in [4.69, 9.17) is 17.0 Å². The number of sulfonamides is 1. The van der Waals surface area contributed by atoms with E-state index in [2.05, 4.69) is 4.90 Å². The van der Waals surface area contributed by atoms with E-state index in [1.807, 2.05) is 32.1 Å². The first kappa shape index (κ1) is 26.6. The second-order valence-electron chi connectivity index (χ2n) is 9.09. The maximum Gasteiger partial charge on any atom is 0.253 e. The van der Waals surface area contributed by atoms with Crippen LogP contribution in [0.3, 0.4) is 0 Å². The summed E-state index contributed by atoms with van der Waals surface area (Å²) >= 11 is 7.25. The minimum atomic E-state index is -3.64. The predicted molar refractivity (Wildman–Crippen MR) is 146 cm³/mol. The molecule has 1 amide bonds. The highest BCUT2D eigenvalue weighted by Crippen LogP contribution is 2.33. The monoisotopic (exact) mass is 547 g/mol. The molecule has 8 nitrogen and oxygen atoms in total. The molecule has 0 bridgehead atoms. The summed E-state index contributed by atoms with van der Waals surface area (Å²) in [5, 5.41) is 9.81. The topological polar surface area (TPSA) is 88.0 Å². The van der Waals surface area contributed by atoms with E-state index in [1.165, 1.54) is 15.6 Å². The lowest BCUT2D eigenvalue weighted by atomic mass is 10.1. The highest BCUT2D eigenvalue weighted by atomic mass is 35.5. The van der Waals surface area contributed by atoms with E-state index in [0.29, 0.717) is 29.5 Å². The molecule has 1 aliphatic heterocycles. The summed E-state index contributed by atoms with van der Waals surface area (Å²) in [4.78, 5) is 18.7. The number of amides is 1. The number of hydrogen-bond donors (Lipinski definition) is 1. The van der Waals surface area contributed by atoms with Gasteiger partial charge in [0.1, 0.15) is 10.0 Å². The number of thiophene rings is 1. The van der Waals surface area contributed by atoms with Crippen molar-refractivity contribution < 1.29 is 13.2 Å². The number of nitrogens with one attached hydrogen (secondary N) is 1. The van der Waals surface area contributed by atoms with Gasteiger partial charge in [-0.3, -0.25) is 10.2 Å². The molecule has 4 rings (SSSR count). The zero-order valence-electron chi connectivity index (χ0n) is 20.6. The first-order valence-corrected chi connectivity index (χ1v) is 14.2. The normalized spacial score (nSPS) is 15.0. The molecule has 1 aliphatic rings. The minimum absolute atomic E-state index is 0.136. The molecule has 0 spiro atoms. The highest BCUT2D eigenvalue weighted by molar-refractivity contribution is 7.91. The van der Waals surface area contributed by atoms with Gasteiger partial charge >= 0.3 is 0 Å². The number of piperazine rings is 1. The van der Waals surface area contributed by atoms with Crippen LogP contribution in [-0.4, -0.2) is 99.6 Å². The van der Waals surface area contributed by atoms with E-state index < -0.39 is 10.0 Å². The quantitative estimate of drug-likeness (QED) is 0.361. The van der Waals surface area contributed by atoms with Gasteiger partial charge < -0.3 is 14.7 Å². The van der Waals surface area contributed by atoms with Gasteiger partial charge in [-0.05, 0) is 49.8 Å². The fourth-order valence-corrected chi connectivity index (χ4v) is 7.25. The Morgan fingerprint density at radius 2 is 1.61 bits per heavy atom. The van der Waals surface area contributed by atoms with Gasteiger partial charge in [0, 0.05) is 67.2 Å². The van der Waals surface area contributed by atoms with Crippen LogP contribution >= 0.6 is 22.9 Å². The average molecular weight is 548 g/mol. The Labute approximate surface area is 221 Å². The van der Waals surface area contributed by atoms with Crippen molar-refractivity contribution in [2.45, 2.75) is 4.21 Å². The zero-order chi connectivity index (χ0) is 26.0. The number of carbonyl (C=O) groups is 1. The Hall–Kier alpha value is -2.50. The molecule has 1 saturated heterocycles. The van der Waals surface area contributed by atoms with Crippen LogP contribution in [0.25, 0.3) is 10.1 Å². The molecule has 192 valence electrons. The molecule has 2 heterocycles. The number of nitrogens with zero attached hydrogens (tertiary/aromatic N) is 4. The lowest BCUT2D eigenvalue weighted by Crippen LogP contribution is -2.50. The Morgan fingerprint density at radius 3 is 2.25 bits per heavy atom. The number of rotatable bonds is 7. The Balaban J connectivity index is 1.37. The van der Waals surface area contributed by atoms with Crippen LogP contribution in [0.4, 0.5) is 0 Å². The molecule has 0 aliphatic carbocycles. The van der Waals surface area contributed by atoms with Gasteiger partial charge in [-0.25, -0.2) is 8.42 Å². The summed E-state index contributed by atoms with van der Waals surface area (Å²) in [5.41, 5.74) is 1.27. The molecule has 36 heavy (non-hydrogen) atoms. The molecule has 11 heteroatoms. The smallest absolute Gasteiger partial charge is 0.253 e. The van der Waals surface area contributed by atoms with Crippen LogP contribution in [0.15, 0.2) is 52.7 Å². The molecule has 1 N–H and O–H groups in total. The van der Waals surface area contributed by atoms with Crippen LogP contribution in [0.5, 0.6) is 0 Å². The molecule has 1 aromatic heterocycles. The van der Waals surface area contributed by atoms with Crippen molar-refractivity contribution in [1.82, 2.24) is 19.0 Å². The molecule has 3 aromatic rings. The molecule has 0 radical (unpaired) electrons. The maximum atomic E-state index is 13.2. The van der Waals surface area contributed by atoms with Crippen molar-refractivity contribution in [2.75, 3.05) is 60.4 Å². The Kier molecular flexibility index (Phi) is 8.01. The third kappa shape index (κ3) is 5.73. The van der Waals surface area contributed by atoms with Gasteiger partial charge in [-0.2, -0.15) is 4.31 Å². The van der Waals surface area contributed by atoms with Crippen molar-refractivity contribution in [1.29, 1.82) is 5.41 Å². The fraction of sp³-hybridized carbons (Fsp3) is 0.360. The summed E-state index contributed by atoms with van der Waals surface area (Å²) in [5.74, 6) is 0.265. The zero-order valence-corrected chi connectivity index (χ0v) is 23.0. The van der Waals surface area contributed by atoms with Gasteiger partial charge in [0.25, 0.3) is 15.9 Å². The van der Waals surface area contributed by atoms with E-state index in [1.54, 1.807) is 47.4 Å². The van der Waals surface area contributed by atoms with E-state index >= 15 is 0 Å². The molecule has 1 fully saturated rings. The third-order valence-electron chi connectivity index (χ3n) is 6.25. The first-order chi connectivity index (χ1) is 17.1. The van der Waals surface area contributed by atoms with Crippen LogP contribution in [-0.2, 0) is 10.0 Å². The summed E-state index contributed by atoms with van der Waals surface area (Å²) in [6.45, 7) is 2.69. The lowest BCUT2D eigenvalue weighted by Gasteiger charge is -2.33. The van der Waals surface area contributed by atoms with E-state index in [9.17, 15) is 13.2 Å². The first-order valence-electron chi connectivity index (χ1n) is 11.6. The van der Waals surface area contributed by atoms with E-state index in [0.717, 1.165) is 28.7 Å². The number of benzene rings is 2. The minimum Gasteiger partial charge on any atom is -0.358 e.